The molecule has 1 aromatic heterocycles. The highest BCUT2D eigenvalue weighted by Crippen LogP contribution is 2.32. The number of ether oxygens (including phenoxy) is 2. The van der Waals surface area contributed by atoms with Gasteiger partial charge in [0.15, 0.2) is 0 Å². The van der Waals surface area contributed by atoms with Crippen molar-refractivity contribution in [3.8, 4) is 34.4 Å². The first kappa shape index (κ1) is 37.2. The average Bonchev–Trinajstić information content (AvgIpc) is 3.63. The van der Waals surface area contributed by atoms with Crippen molar-refractivity contribution in [1.29, 1.82) is 0 Å². The summed E-state index contributed by atoms with van der Waals surface area (Å²) < 4.78 is 17.2. The van der Waals surface area contributed by atoms with Gasteiger partial charge in [-0.25, -0.2) is 9.59 Å². The van der Waals surface area contributed by atoms with Crippen molar-refractivity contribution in [1.82, 2.24) is 10.2 Å². The number of esters is 2. The van der Waals surface area contributed by atoms with Gasteiger partial charge < -0.3 is 13.9 Å². The molecular weight excluding hydrogens is 636 g/mol. The second-order valence-electron chi connectivity index (χ2n) is 14.6. The van der Waals surface area contributed by atoms with Crippen LogP contribution in [0.25, 0.3) is 22.9 Å². The molecule has 266 valence electrons. The zero-order valence-corrected chi connectivity index (χ0v) is 30.8. The van der Waals surface area contributed by atoms with E-state index in [-0.39, 0.29) is 10.8 Å². The molecule has 0 amide bonds. The molecule has 7 heteroatoms. The average molecular weight is 687 g/mol. The third-order valence-corrected chi connectivity index (χ3v) is 9.66. The van der Waals surface area contributed by atoms with Crippen LogP contribution in [0.1, 0.15) is 125 Å². The Morgan fingerprint density at radius 2 is 0.882 bits per heavy atom. The molecule has 1 heterocycles. The highest BCUT2D eigenvalue weighted by atomic mass is 16.5. The van der Waals surface area contributed by atoms with E-state index in [1.807, 2.05) is 48.5 Å². The van der Waals surface area contributed by atoms with Gasteiger partial charge in [-0.15, -0.1) is 10.2 Å². The normalized spacial score (nSPS) is 11.7. The van der Waals surface area contributed by atoms with Crippen LogP contribution in [0.15, 0.2) is 101 Å². The molecule has 0 saturated heterocycles. The summed E-state index contributed by atoms with van der Waals surface area (Å²) in [5.74, 6) is 0.735. The number of nitrogens with zero attached hydrogens (tertiary/aromatic N) is 2. The van der Waals surface area contributed by atoms with E-state index >= 15 is 0 Å². The molecule has 7 nitrogen and oxygen atoms in total. The van der Waals surface area contributed by atoms with Gasteiger partial charge in [-0.05, 0) is 108 Å². The number of rotatable bonds is 16. The highest BCUT2D eigenvalue weighted by molar-refractivity contribution is 5.92. The van der Waals surface area contributed by atoms with E-state index < -0.39 is 11.9 Å². The Kier molecular flexibility index (Phi) is 12.2. The van der Waals surface area contributed by atoms with Gasteiger partial charge in [0, 0.05) is 11.1 Å². The Hall–Kier alpha value is -5.04. The first-order valence-corrected chi connectivity index (χ1v) is 18.2. The van der Waals surface area contributed by atoms with Crippen molar-refractivity contribution < 1.29 is 23.5 Å². The van der Waals surface area contributed by atoms with Gasteiger partial charge in [0.1, 0.15) is 11.5 Å². The van der Waals surface area contributed by atoms with E-state index in [0.29, 0.717) is 45.5 Å². The minimum atomic E-state index is -0.444. The Morgan fingerprint density at radius 1 is 0.529 bits per heavy atom. The molecule has 5 rings (SSSR count). The minimum absolute atomic E-state index is 0.0678. The molecule has 0 aliphatic heterocycles. The smallest absolute Gasteiger partial charge is 0.343 e. The van der Waals surface area contributed by atoms with Gasteiger partial charge >= 0.3 is 11.9 Å². The third-order valence-electron chi connectivity index (χ3n) is 9.66. The fourth-order valence-electron chi connectivity index (χ4n) is 6.16. The Bertz CT molecular complexity index is 1730. The molecule has 0 bridgehead atoms. The molecule has 0 aliphatic carbocycles. The zero-order valence-electron chi connectivity index (χ0n) is 30.8. The predicted octanol–water partition coefficient (Wildman–Crippen LogP) is 11.6. The van der Waals surface area contributed by atoms with E-state index in [4.69, 9.17) is 13.9 Å². The molecule has 0 N–H and O–H groups in total. The van der Waals surface area contributed by atoms with Crippen LogP contribution in [0.4, 0.5) is 0 Å². The summed E-state index contributed by atoms with van der Waals surface area (Å²) >= 11 is 0. The fraction of sp³-hybridized carbons (Fsp3) is 0.364. The molecule has 0 aliphatic rings. The topological polar surface area (TPSA) is 91.5 Å². The molecule has 0 fully saturated rings. The summed E-state index contributed by atoms with van der Waals surface area (Å²) in [7, 11) is 0. The number of hydrogen-bond acceptors (Lipinski definition) is 7. The molecule has 0 spiro atoms. The molecule has 5 aromatic rings. The van der Waals surface area contributed by atoms with Crippen LogP contribution >= 0.6 is 0 Å². The molecule has 0 saturated carbocycles. The Balaban J connectivity index is 1.15. The number of aromatic nitrogens is 2. The molecule has 0 unspecified atom stereocenters. The fourth-order valence-corrected chi connectivity index (χ4v) is 6.16. The predicted molar refractivity (Wildman–Crippen MR) is 202 cm³/mol. The quantitative estimate of drug-likeness (QED) is 0.0579. The lowest BCUT2D eigenvalue weighted by Gasteiger charge is -2.25. The van der Waals surface area contributed by atoms with Crippen LogP contribution in [0.3, 0.4) is 0 Å². The Morgan fingerprint density at radius 3 is 1.22 bits per heavy atom. The van der Waals surface area contributed by atoms with Crippen LogP contribution in [0.2, 0.25) is 0 Å². The van der Waals surface area contributed by atoms with Crippen LogP contribution in [-0.2, 0) is 10.8 Å². The van der Waals surface area contributed by atoms with Crippen LogP contribution < -0.4 is 9.47 Å². The van der Waals surface area contributed by atoms with E-state index in [1.165, 1.54) is 49.7 Å². The van der Waals surface area contributed by atoms with Gasteiger partial charge in [-0.1, -0.05) is 104 Å². The zero-order chi connectivity index (χ0) is 36.4. The maximum atomic E-state index is 12.9. The monoisotopic (exact) mass is 686 g/mol. The van der Waals surface area contributed by atoms with Crippen molar-refractivity contribution in [2.24, 2.45) is 0 Å². The summed E-state index contributed by atoms with van der Waals surface area (Å²) in [5, 5.41) is 8.38. The van der Waals surface area contributed by atoms with E-state index in [0.717, 1.165) is 12.8 Å². The van der Waals surface area contributed by atoms with Crippen LogP contribution in [0.5, 0.6) is 11.5 Å². The maximum Gasteiger partial charge on any atom is 0.343 e. The second kappa shape index (κ2) is 16.8. The first-order chi connectivity index (χ1) is 24.5. The summed E-state index contributed by atoms with van der Waals surface area (Å²) in [6.45, 7) is 13.4. The largest absolute Gasteiger partial charge is 0.423 e. The van der Waals surface area contributed by atoms with Gasteiger partial charge in [-0.3, -0.25) is 0 Å². The summed E-state index contributed by atoms with van der Waals surface area (Å²) in [4.78, 5) is 25.7. The van der Waals surface area contributed by atoms with Gasteiger partial charge in [0.05, 0.1) is 11.1 Å². The highest BCUT2D eigenvalue weighted by Gasteiger charge is 2.22. The summed E-state index contributed by atoms with van der Waals surface area (Å²) in [5.41, 5.74) is 4.74. The van der Waals surface area contributed by atoms with Crippen molar-refractivity contribution in [3.05, 3.63) is 119 Å². The van der Waals surface area contributed by atoms with Crippen LogP contribution in [0, 0.1) is 0 Å². The second-order valence-corrected chi connectivity index (χ2v) is 14.6. The van der Waals surface area contributed by atoms with E-state index in [9.17, 15) is 9.59 Å². The van der Waals surface area contributed by atoms with Gasteiger partial charge in [-0.2, -0.15) is 0 Å². The third kappa shape index (κ3) is 9.81. The number of carbonyl (C=O) groups excluding carboxylic acids is 2. The number of benzene rings is 4. The Labute approximate surface area is 302 Å². The number of carbonyl (C=O) groups is 2. The lowest BCUT2D eigenvalue weighted by molar-refractivity contribution is 0.0725. The van der Waals surface area contributed by atoms with Crippen LogP contribution in [-0.4, -0.2) is 22.1 Å². The molecule has 0 atom stereocenters. The first-order valence-electron chi connectivity index (χ1n) is 18.2. The SMILES string of the molecule is CCCCCC(C)(C)c1ccc(OC(=O)c2ccc(-c3nnc(-c4ccc(C(=O)Oc5ccc(C(C)(C)CCCCC)cc5)cc4)o3)cc2)cc1. The molecule has 4 aromatic carbocycles. The number of unbranched alkanes of at least 4 members (excludes halogenated alkanes) is 4. The van der Waals surface area contributed by atoms with Crippen molar-refractivity contribution in [2.45, 2.75) is 104 Å². The van der Waals surface area contributed by atoms with Crippen molar-refractivity contribution in [3.63, 3.8) is 0 Å². The van der Waals surface area contributed by atoms with Gasteiger partial charge in [0.25, 0.3) is 0 Å². The maximum absolute atomic E-state index is 12.9. The minimum Gasteiger partial charge on any atom is -0.423 e. The molecular formula is C44H50N2O5. The lowest BCUT2D eigenvalue weighted by Crippen LogP contribution is -2.17. The van der Waals surface area contributed by atoms with Crippen molar-refractivity contribution >= 4 is 11.9 Å². The van der Waals surface area contributed by atoms with E-state index in [2.05, 4.69) is 51.7 Å². The molecule has 51 heavy (non-hydrogen) atoms. The molecule has 0 radical (unpaired) electrons. The standard InChI is InChI=1S/C44H50N2O5/c1-7-9-11-29-43(3,4)35-21-25-37(26-22-35)49-41(47)33-17-13-31(14-18-33)39-45-46-40(51-39)32-15-19-34(20-16-32)42(48)50-38-27-23-36(24-28-38)44(5,6)30-12-10-8-2/h13-28H,7-12,29-30H2,1-6H3. The number of hydrogen-bond donors (Lipinski definition) is 0. The van der Waals surface area contributed by atoms with Crippen molar-refractivity contribution in [2.75, 3.05) is 0 Å². The summed E-state index contributed by atoms with van der Waals surface area (Å²) in [6, 6.07) is 29.3. The van der Waals surface area contributed by atoms with E-state index in [1.54, 1.807) is 48.5 Å². The van der Waals surface area contributed by atoms with Gasteiger partial charge in [0.2, 0.25) is 11.8 Å². The summed E-state index contributed by atoms with van der Waals surface area (Å²) in [6.07, 6.45) is 9.48. The lowest BCUT2D eigenvalue weighted by atomic mass is 9.80.